The lowest BCUT2D eigenvalue weighted by atomic mass is 10.1. The van der Waals surface area contributed by atoms with Gasteiger partial charge in [-0.3, -0.25) is 4.79 Å². The summed E-state index contributed by atoms with van der Waals surface area (Å²) in [5.74, 6) is -0.0431. The van der Waals surface area contributed by atoms with E-state index in [-0.39, 0.29) is 5.91 Å². The Labute approximate surface area is 166 Å². The highest BCUT2D eigenvalue weighted by Crippen LogP contribution is 2.28. The third-order valence-electron chi connectivity index (χ3n) is 4.98. The molecule has 1 amide bonds. The average molecular weight is 371 g/mol. The summed E-state index contributed by atoms with van der Waals surface area (Å²) in [5.41, 5.74) is 11.0. The number of benzene rings is 3. The van der Waals surface area contributed by atoms with Crippen LogP contribution in [0.2, 0.25) is 0 Å². The monoisotopic (exact) mass is 371 g/mol. The number of nitrogen functional groups attached to an aromatic ring is 1. The fraction of sp³-hybridized carbons (Fsp3) is 0.208. The Morgan fingerprint density at radius 3 is 1.96 bits per heavy atom. The van der Waals surface area contributed by atoms with Crippen molar-refractivity contribution in [3.8, 4) is 0 Å². The molecule has 4 heteroatoms. The van der Waals surface area contributed by atoms with E-state index in [1.54, 1.807) is 6.07 Å². The number of rotatable bonds is 7. The molecule has 3 aromatic carbocycles. The molecule has 0 spiro atoms. The van der Waals surface area contributed by atoms with Crippen LogP contribution in [0.5, 0.6) is 0 Å². The van der Waals surface area contributed by atoms with Gasteiger partial charge < -0.3 is 16.0 Å². The number of hydrogen-bond acceptors (Lipinski definition) is 3. The van der Waals surface area contributed by atoms with Crippen LogP contribution in [0.25, 0.3) is 0 Å². The Balaban J connectivity index is 1.60. The number of hydrogen-bond donors (Lipinski definition) is 2. The van der Waals surface area contributed by atoms with Gasteiger partial charge in [-0.05, 0) is 42.2 Å². The first-order valence-corrected chi connectivity index (χ1v) is 9.72. The number of nitrogens with zero attached hydrogens (tertiary/aromatic N) is 1. The van der Waals surface area contributed by atoms with E-state index < -0.39 is 0 Å². The summed E-state index contributed by atoms with van der Waals surface area (Å²) in [5, 5.41) is 3.02. The number of nitrogens with two attached hydrogens (primary N) is 1. The summed E-state index contributed by atoms with van der Waals surface area (Å²) in [4.78, 5) is 14.6. The second kappa shape index (κ2) is 8.17. The fourth-order valence-electron chi connectivity index (χ4n) is 3.31. The van der Waals surface area contributed by atoms with Gasteiger partial charge in [0.2, 0.25) is 0 Å². The van der Waals surface area contributed by atoms with E-state index in [1.165, 1.54) is 11.1 Å². The molecular formula is C24H25N3O. The van der Waals surface area contributed by atoms with Crippen LogP contribution in [-0.2, 0) is 13.1 Å². The van der Waals surface area contributed by atoms with Crippen molar-refractivity contribution in [2.24, 2.45) is 0 Å². The summed E-state index contributed by atoms with van der Waals surface area (Å²) < 4.78 is 0. The van der Waals surface area contributed by atoms with Crippen molar-refractivity contribution in [2.75, 3.05) is 10.6 Å². The number of carbonyl (C=O) groups is 1. The van der Waals surface area contributed by atoms with Crippen LogP contribution in [0.4, 0.5) is 11.4 Å². The van der Waals surface area contributed by atoms with Gasteiger partial charge >= 0.3 is 0 Å². The third kappa shape index (κ3) is 4.52. The molecule has 0 aliphatic heterocycles. The van der Waals surface area contributed by atoms with Gasteiger partial charge in [-0.15, -0.1) is 0 Å². The van der Waals surface area contributed by atoms with E-state index in [2.05, 4.69) is 34.5 Å². The van der Waals surface area contributed by atoms with Gasteiger partial charge in [0.25, 0.3) is 5.91 Å². The molecule has 0 saturated heterocycles. The minimum Gasteiger partial charge on any atom is -0.397 e. The second-order valence-electron chi connectivity index (χ2n) is 7.35. The van der Waals surface area contributed by atoms with Crippen LogP contribution in [0.15, 0.2) is 78.9 Å². The molecule has 1 aliphatic rings. The Hall–Kier alpha value is -3.27. The standard InChI is InChI=1S/C24H25N3O/c25-22-15-20(24(28)26-21-12-13-21)11-14-23(22)27(16-18-7-3-1-4-8-18)17-19-9-5-2-6-10-19/h1-11,14-15,21H,12-13,16-17,25H2,(H,26,28). The Morgan fingerprint density at radius 2 is 1.46 bits per heavy atom. The highest BCUT2D eigenvalue weighted by Gasteiger charge is 2.24. The lowest BCUT2D eigenvalue weighted by Crippen LogP contribution is -2.26. The Kier molecular flexibility index (Phi) is 5.29. The topological polar surface area (TPSA) is 58.4 Å². The molecule has 1 aliphatic carbocycles. The molecule has 4 rings (SSSR count). The first-order chi connectivity index (χ1) is 13.7. The van der Waals surface area contributed by atoms with E-state index in [0.717, 1.165) is 31.6 Å². The summed E-state index contributed by atoms with van der Waals surface area (Å²) in [7, 11) is 0. The zero-order valence-electron chi connectivity index (χ0n) is 15.8. The van der Waals surface area contributed by atoms with Crippen molar-refractivity contribution in [3.63, 3.8) is 0 Å². The Bertz CT molecular complexity index is 895. The first kappa shape index (κ1) is 18.1. The van der Waals surface area contributed by atoms with Crippen molar-refractivity contribution in [2.45, 2.75) is 32.0 Å². The maximum Gasteiger partial charge on any atom is 0.251 e. The van der Waals surface area contributed by atoms with E-state index in [1.807, 2.05) is 48.5 Å². The van der Waals surface area contributed by atoms with Gasteiger partial charge in [-0.2, -0.15) is 0 Å². The maximum atomic E-state index is 12.3. The molecule has 142 valence electrons. The molecule has 3 aromatic rings. The molecule has 1 saturated carbocycles. The van der Waals surface area contributed by atoms with E-state index in [9.17, 15) is 4.79 Å². The summed E-state index contributed by atoms with van der Waals surface area (Å²) in [6.07, 6.45) is 2.14. The first-order valence-electron chi connectivity index (χ1n) is 9.72. The van der Waals surface area contributed by atoms with Gasteiger partial charge in [-0.1, -0.05) is 60.7 Å². The van der Waals surface area contributed by atoms with Crippen LogP contribution in [0.3, 0.4) is 0 Å². The van der Waals surface area contributed by atoms with E-state index >= 15 is 0 Å². The zero-order valence-corrected chi connectivity index (χ0v) is 15.8. The van der Waals surface area contributed by atoms with Gasteiger partial charge in [0.05, 0.1) is 11.4 Å². The molecule has 0 atom stereocenters. The van der Waals surface area contributed by atoms with Crippen molar-refractivity contribution >= 4 is 17.3 Å². The number of carbonyl (C=O) groups excluding carboxylic acids is 1. The highest BCUT2D eigenvalue weighted by molar-refractivity contribution is 5.96. The molecule has 0 heterocycles. The molecule has 0 unspecified atom stereocenters. The molecule has 4 nitrogen and oxygen atoms in total. The predicted molar refractivity (Wildman–Crippen MR) is 114 cm³/mol. The van der Waals surface area contributed by atoms with E-state index in [4.69, 9.17) is 5.73 Å². The highest BCUT2D eigenvalue weighted by atomic mass is 16.1. The molecule has 28 heavy (non-hydrogen) atoms. The molecule has 0 aromatic heterocycles. The molecule has 1 fully saturated rings. The minimum atomic E-state index is -0.0431. The minimum absolute atomic E-state index is 0.0431. The van der Waals surface area contributed by atoms with Gasteiger partial charge in [0, 0.05) is 24.7 Å². The lowest BCUT2D eigenvalue weighted by molar-refractivity contribution is 0.0951. The van der Waals surface area contributed by atoms with Crippen molar-refractivity contribution < 1.29 is 4.79 Å². The van der Waals surface area contributed by atoms with E-state index in [0.29, 0.717) is 17.3 Å². The average Bonchev–Trinajstić information content (AvgIpc) is 3.53. The SMILES string of the molecule is Nc1cc(C(=O)NC2CC2)ccc1N(Cc1ccccc1)Cc1ccccc1. The predicted octanol–water partition coefficient (Wildman–Crippen LogP) is 4.37. The summed E-state index contributed by atoms with van der Waals surface area (Å²) in [6.45, 7) is 1.49. The van der Waals surface area contributed by atoms with Crippen LogP contribution in [-0.4, -0.2) is 11.9 Å². The molecule has 0 bridgehead atoms. The van der Waals surface area contributed by atoms with Crippen molar-refractivity contribution in [3.05, 3.63) is 95.6 Å². The quantitative estimate of drug-likeness (QED) is 0.607. The van der Waals surface area contributed by atoms with Crippen LogP contribution in [0.1, 0.15) is 34.3 Å². The third-order valence-corrected chi connectivity index (χ3v) is 4.98. The van der Waals surface area contributed by atoms with Gasteiger partial charge in [0.15, 0.2) is 0 Å². The van der Waals surface area contributed by atoms with Gasteiger partial charge in [0.1, 0.15) is 0 Å². The largest absolute Gasteiger partial charge is 0.397 e. The van der Waals surface area contributed by atoms with Crippen LogP contribution in [0, 0.1) is 0 Å². The van der Waals surface area contributed by atoms with Gasteiger partial charge in [-0.25, -0.2) is 0 Å². The Morgan fingerprint density at radius 1 is 0.893 bits per heavy atom. The number of nitrogens with one attached hydrogen (secondary N) is 1. The van der Waals surface area contributed by atoms with Crippen LogP contribution >= 0.6 is 0 Å². The number of amides is 1. The second-order valence-corrected chi connectivity index (χ2v) is 7.35. The molecule has 3 N–H and O–H groups in total. The van der Waals surface area contributed by atoms with Crippen LogP contribution < -0.4 is 16.0 Å². The fourth-order valence-corrected chi connectivity index (χ4v) is 3.31. The smallest absolute Gasteiger partial charge is 0.251 e. The molecular weight excluding hydrogens is 346 g/mol. The zero-order chi connectivity index (χ0) is 19.3. The summed E-state index contributed by atoms with van der Waals surface area (Å²) >= 11 is 0. The number of anilines is 2. The van der Waals surface area contributed by atoms with Crippen molar-refractivity contribution in [1.29, 1.82) is 0 Å². The van der Waals surface area contributed by atoms with Crippen molar-refractivity contribution in [1.82, 2.24) is 5.32 Å². The molecule has 0 radical (unpaired) electrons. The lowest BCUT2D eigenvalue weighted by Gasteiger charge is -2.27. The maximum absolute atomic E-state index is 12.3. The normalized spacial score (nSPS) is 13.1. The summed E-state index contributed by atoms with van der Waals surface area (Å²) in [6, 6.07) is 26.6.